The van der Waals surface area contributed by atoms with E-state index in [4.69, 9.17) is 10.5 Å². The Hall–Kier alpha value is -4.01. The van der Waals surface area contributed by atoms with Crippen molar-refractivity contribution in [1.29, 1.82) is 0 Å². The Labute approximate surface area is 228 Å². The van der Waals surface area contributed by atoms with E-state index in [1.807, 2.05) is 66.7 Å². The van der Waals surface area contributed by atoms with Crippen molar-refractivity contribution >= 4 is 17.7 Å². The maximum absolute atomic E-state index is 13.5. The van der Waals surface area contributed by atoms with E-state index < -0.39 is 24.2 Å². The number of hydrogen-bond acceptors (Lipinski definition) is 5. The highest BCUT2D eigenvalue weighted by Gasteiger charge is 2.51. The Bertz CT molecular complexity index is 1280. The molecule has 202 valence electrons. The molecule has 0 saturated carbocycles. The van der Waals surface area contributed by atoms with Gasteiger partial charge in [-0.2, -0.15) is 0 Å². The van der Waals surface area contributed by atoms with Gasteiger partial charge in [-0.1, -0.05) is 78.9 Å². The van der Waals surface area contributed by atoms with Gasteiger partial charge in [0.05, 0.1) is 6.04 Å². The summed E-state index contributed by atoms with van der Waals surface area (Å²) in [5.74, 6) is -1.06. The minimum atomic E-state index is -0.903. The van der Waals surface area contributed by atoms with E-state index in [9.17, 15) is 14.4 Å². The van der Waals surface area contributed by atoms with Gasteiger partial charge in [-0.15, -0.1) is 0 Å². The predicted octanol–water partition coefficient (Wildman–Crippen LogP) is 2.61. The third kappa shape index (κ3) is 6.19. The standard InChI is InChI=1S/C31H34N4O4/c32-18-9-8-16-25(29(36)35-26-23-14-6-4-12-21(23)22-13-5-7-15-24(22)26)34-31(38)28-27(39-28)30(37)33-19-17-20-10-2-1-3-11-20/h1-7,10-15,25-28H,8-9,16-19,32H2,(H,33,37)(H,34,38)(H,35,36)/t25-,27-,28-/m0/s1. The monoisotopic (exact) mass is 526 g/mol. The summed E-state index contributed by atoms with van der Waals surface area (Å²) in [5.41, 5.74) is 11.0. The first-order valence-corrected chi connectivity index (χ1v) is 13.5. The number of amides is 3. The minimum Gasteiger partial charge on any atom is -0.353 e. The van der Waals surface area contributed by atoms with E-state index >= 15 is 0 Å². The van der Waals surface area contributed by atoms with Crippen LogP contribution in [0.3, 0.4) is 0 Å². The lowest BCUT2D eigenvalue weighted by Crippen LogP contribution is -2.49. The molecule has 1 fully saturated rings. The number of fused-ring (bicyclic) bond motifs is 3. The average molecular weight is 527 g/mol. The Morgan fingerprint density at radius 2 is 1.41 bits per heavy atom. The number of nitrogens with two attached hydrogens (primary N) is 1. The molecular formula is C31H34N4O4. The third-order valence-corrected chi connectivity index (χ3v) is 7.26. The minimum absolute atomic E-state index is 0.276. The SMILES string of the molecule is NCCCC[C@H](NC(=O)[C@H]1O[C@@H]1C(=O)NCCc1ccccc1)C(=O)NC1c2ccccc2-c2ccccc21. The number of epoxide rings is 1. The van der Waals surface area contributed by atoms with Crippen LogP contribution < -0.4 is 21.7 Å². The van der Waals surface area contributed by atoms with Crippen molar-refractivity contribution in [3.63, 3.8) is 0 Å². The third-order valence-electron chi connectivity index (χ3n) is 7.26. The molecule has 1 saturated heterocycles. The number of unbranched alkanes of at least 4 members (excludes halogenated alkanes) is 1. The van der Waals surface area contributed by atoms with Crippen molar-refractivity contribution in [2.24, 2.45) is 5.73 Å². The Morgan fingerprint density at radius 1 is 0.795 bits per heavy atom. The molecule has 0 radical (unpaired) electrons. The van der Waals surface area contributed by atoms with Crippen LogP contribution in [0.2, 0.25) is 0 Å². The van der Waals surface area contributed by atoms with E-state index in [1.165, 1.54) is 0 Å². The summed E-state index contributed by atoms with van der Waals surface area (Å²) in [6.45, 7) is 0.953. The topological polar surface area (TPSA) is 126 Å². The molecule has 8 nitrogen and oxygen atoms in total. The fraction of sp³-hybridized carbons (Fsp3) is 0.323. The molecule has 39 heavy (non-hydrogen) atoms. The van der Waals surface area contributed by atoms with Crippen molar-refractivity contribution in [3.8, 4) is 11.1 Å². The lowest BCUT2D eigenvalue weighted by atomic mass is 10.0. The number of carbonyl (C=O) groups excluding carboxylic acids is 3. The molecule has 0 unspecified atom stereocenters. The van der Waals surface area contributed by atoms with E-state index in [0.29, 0.717) is 32.4 Å². The zero-order valence-corrected chi connectivity index (χ0v) is 21.8. The Kier molecular flexibility index (Phi) is 8.34. The number of nitrogens with one attached hydrogen (secondary N) is 3. The quantitative estimate of drug-likeness (QED) is 0.213. The van der Waals surface area contributed by atoms with Crippen molar-refractivity contribution in [2.75, 3.05) is 13.1 Å². The highest BCUT2D eigenvalue weighted by molar-refractivity contribution is 5.97. The van der Waals surface area contributed by atoms with Crippen LogP contribution in [0.25, 0.3) is 11.1 Å². The van der Waals surface area contributed by atoms with Gasteiger partial charge >= 0.3 is 0 Å². The normalized spacial score (nSPS) is 18.0. The molecule has 0 spiro atoms. The summed E-state index contributed by atoms with van der Waals surface area (Å²) in [6, 6.07) is 24.8. The molecule has 3 aromatic carbocycles. The number of carbonyl (C=O) groups is 3. The highest BCUT2D eigenvalue weighted by Crippen LogP contribution is 2.43. The van der Waals surface area contributed by atoms with Crippen LogP contribution in [-0.2, 0) is 25.5 Å². The molecule has 1 aliphatic carbocycles. The molecule has 5 N–H and O–H groups in total. The molecule has 1 heterocycles. The van der Waals surface area contributed by atoms with Crippen LogP contribution in [0, 0.1) is 0 Å². The number of benzene rings is 3. The van der Waals surface area contributed by atoms with Crippen LogP contribution in [0.15, 0.2) is 78.9 Å². The van der Waals surface area contributed by atoms with Crippen molar-refractivity contribution < 1.29 is 19.1 Å². The highest BCUT2D eigenvalue weighted by atomic mass is 16.6. The van der Waals surface area contributed by atoms with Crippen molar-refractivity contribution in [1.82, 2.24) is 16.0 Å². The molecule has 0 aromatic heterocycles. The first-order chi connectivity index (χ1) is 19.1. The maximum atomic E-state index is 13.5. The lowest BCUT2D eigenvalue weighted by Gasteiger charge is -2.22. The lowest BCUT2D eigenvalue weighted by molar-refractivity contribution is -0.130. The first-order valence-electron chi connectivity index (χ1n) is 13.5. The average Bonchev–Trinajstić information content (AvgIpc) is 3.72. The van der Waals surface area contributed by atoms with Gasteiger partial charge in [0.1, 0.15) is 6.04 Å². The number of hydrogen-bond donors (Lipinski definition) is 4. The van der Waals surface area contributed by atoms with E-state index in [-0.39, 0.29) is 17.9 Å². The van der Waals surface area contributed by atoms with Crippen LogP contribution in [0.1, 0.15) is 42.0 Å². The molecule has 8 heteroatoms. The van der Waals surface area contributed by atoms with Crippen LogP contribution in [0.4, 0.5) is 0 Å². The van der Waals surface area contributed by atoms with Crippen molar-refractivity contribution in [3.05, 3.63) is 95.6 Å². The second-order valence-electron chi connectivity index (χ2n) is 9.97. The van der Waals surface area contributed by atoms with Crippen LogP contribution in [0.5, 0.6) is 0 Å². The fourth-order valence-electron chi connectivity index (χ4n) is 5.16. The van der Waals surface area contributed by atoms with Gasteiger partial charge in [-0.25, -0.2) is 0 Å². The second-order valence-corrected chi connectivity index (χ2v) is 9.97. The van der Waals surface area contributed by atoms with Crippen LogP contribution >= 0.6 is 0 Å². The number of ether oxygens (including phenoxy) is 1. The van der Waals surface area contributed by atoms with E-state index in [1.54, 1.807) is 0 Å². The zero-order chi connectivity index (χ0) is 27.2. The summed E-state index contributed by atoms with van der Waals surface area (Å²) < 4.78 is 5.40. The first kappa shape index (κ1) is 26.6. The summed E-state index contributed by atoms with van der Waals surface area (Å²) in [4.78, 5) is 39.0. The summed E-state index contributed by atoms with van der Waals surface area (Å²) >= 11 is 0. The smallest absolute Gasteiger partial charge is 0.253 e. The molecular weight excluding hydrogens is 492 g/mol. The van der Waals surface area contributed by atoms with Gasteiger partial charge in [0.25, 0.3) is 11.8 Å². The molecule has 5 rings (SSSR count). The molecule has 1 aliphatic heterocycles. The van der Waals surface area contributed by atoms with E-state index in [2.05, 4.69) is 28.1 Å². The zero-order valence-electron chi connectivity index (χ0n) is 21.8. The molecule has 2 aliphatic rings. The fourth-order valence-corrected chi connectivity index (χ4v) is 5.16. The molecule has 0 bridgehead atoms. The number of rotatable bonds is 12. The van der Waals surface area contributed by atoms with Gasteiger partial charge < -0.3 is 26.4 Å². The van der Waals surface area contributed by atoms with Gasteiger partial charge in [0, 0.05) is 6.54 Å². The van der Waals surface area contributed by atoms with Gasteiger partial charge in [-0.3, -0.25) is 14.4 Å². The summed E-state index contributed by atoms with van der Waals surface area (Å²) in [7, 11) is 0. The Morgan fingerprint density at radius 3 is 2.08 bits per heavy atom. The predicted molar refractivity (Wildman–Crippen MR) is 149 cm³/mol. The largest absolute Gasteiger partial charge is 0.353 e. The second kappa shape index (κ2) is 12.2. The summed E-state index contributed by atoms with van der Waals surface area (Å²) in [5, 5.41) is 8.81. The van der Waals surface area contributed by atoms with Crippen LogP contribution in [-0.4, -0.2) is 49.1 Å². The van der Waals surface area contributed by atoms with Gasteiger partial charge in [0.2, 0.25) is 5.91 Å². The Balaban J connectivity index is 1.19. The summed E-state index contributed by atoms with van der Waals surface area (Å²) in [6.07, 6.45) is 0.794. The van der Waals surface area contributed by atoms with Gasteiger partial charge in [-0.05, 0) is 60.0 Å². The molecule has 3 aromatic rings. The van der Waals surface area contributed by atoms with Crippen molar-refractivity contribution in [2.45, 2.75) is 50.0 Å². The van der Waals surface area contributed by atoms with Gasteiger partial charge in [0.15, 0.2) is 12.2 Å². The van der Waals surface area contributed by atoms with E-state index in [0.717, 1.165) is 34.2 Å². The maximum Gasteiger partial charge on any atom is 0.253 e. The molecule has 3 atom stereocenters. The molecule has 3 amide bonds.